The predicted molar refractivity (Wildman–Crippen MR) is 78.5 cm³/mol. The Morgan fingerprint density at radius 2 is 1.90 bits per heavy atom. The van der Waals surface area contributed by atoms with Gasteiger partial charge in [0.1, 0.15) is 0 Å². The van der Waals surface area contributed by atoms with E-state index in [0.717, 1.165) is 5.69 Å². The summed E-state index contributed by atoms with van der Waals surface area (Å²) in [5.41, 5.74) is 1.45. The van der Waals surface area contributed by atoms with Gasteiger partial charge in [-0.3, -0.25) is 9.59 Å². The van der Waals surface area contributed by atoms with Crippen molar-refractivity contribution in [1.29, 1.82) is 0 Å². The number of ketones is 1. The first-order valence-corrected chi connectivity index (χ1v) is 6.83. The van der Waals surface area contributed by atoms with Gasteiger partial charge in [-0.15, -0.1) is 0 Å². The second-order valence-electron chi connectivity index (χ2n) is 5.33. The Labute approximate surface area is 123 Å². The van der Waals surface area contributed by atoms with Crippen LogP contribution in [0.5, 0.6) is 0 Å². The van der Waals surface area contributed by atoms with Crippen LogP contribution in [0.2, 0.25) is 0 Å². The maximum absolute atomic E-state index is 12.4. The van der Waals surface area contributed by atoms with Crippen LogP contribution in [-0.2, 0) is 4.79 Å². The molecule has 5 nitrogen and oxygen atoms in total. The minimum atomic E-state index is -0.947. The summed E-state index contributed by atoms with van der Waals surface area (Å²) in [5, 5.41) is 8.94. The van der Waals surface area contributed by atoms with Crippen LogP contribution >= 0.6 is 0 Å². The topological polar surface area (TPSA) is 72.2 Å². The van der Waals surface area contributed by atoms with Crippen LogP contribution in [0.4, 0.5) is 0 Å². The third kappa shape index (κ3) is 3.56. The molecule has 0 fully saturated rings. The van der Waals surface area contributed by atoms with Gasteiger partial charge in [-0.05, 0) is 30.2 Å². The maximum Gasteiger partial charge on any atom is 0.304 e. The van der Waals surface area contributed by atoms with Crippen LogP contribution in [0.1, 0.15) is 30.6 Å². The highest BCUT2D eigenvalue weighted by Gasteiger charge is 2.25. The number of aromatic nitrogens is 2. The fourth-order valence-electron chi connectivity index (χ4n) is 2.24. The summed E-state index contributed by atoms with van der Waals surface area (Å²) in [6.45, 7) is 3.73. The number of carbonyl (C=O) groups is 2. The second kappa shape index (κ2) is 6.35. The minimum Gasteiger partial charge on any atom is -0.481 e. The van der Waals surface area contributed by atoms with Gasteiger partial charge in [-0.2, -0.15) is 0 Å². The Morgan fingerprint density at radius 3 is 2.38 bits per heavy atom. The first-order chi connectivity index (χ1) is 9.99. The lowest BCUT2D eigenvalue weighted by Crippen LogP contribution is -2.23. The monoisotopic (exact) mass is 286 g/mol. The summed E-state index contributed by atoms with van der Waals surface area (Å²) in [6, 6.07) is 7.12. The summed E-state index contributed by atoms with van der Waals surface area (Å²) in [7, 11) is 0. The van der Waals surface area contributed by atoms with E-state index in [4.69, 9.17) is 5.11 Å². The number of Topliss-reactive ketones (excluding diaryl/α,β-unsaturated/α-hetero) is 1. The first kappa shape index (κ1) is 15.0. The van der Waals surface area contributed by atoms with Crippen LogP contribution in [0.25, 0.3) is 5.69 Å². The average molecular weight is 286 g/mol. The van der Waals surface area contributed by atoms with E-state index in [0.29, 0.717) is 5.56 Å². The predicted octanol–water partition coefficient (Wildman–Crippen LogP) is 2.80. The minimum absolute atomic E-state index is 0.0121. The van der Waals surface area contributed by atoms with Crippen molar-refractivity contribution in [3.05, 3.63) is 48.5 Å². The molecule has 5 heteroatoms. The quantitative estimate of drug-likeness (QED) is 0.829. The number of benzene rings is 1. The van der Waals surface area contributed by atoms with Crippen molar-refractivity contribution in [3.63, 3.8) is 0 Å². The molecule has 2 aromatic rings. The molecule has 0 aliphatic heterocycles. The summed E-state index contributed by atoms with van der Waals surface area (Å²) in [5.74, 6) is -1.58. The molecule has 2 rings (SSSR count). The molecule has 1 atom stereocenters. The molecule has 0 aliphatic carbocycles. The lowest BCUT2D eigenvalue weighted by Gasteiger charge is -2.17. The first-order valence-electron chi connectivity index (χ1n) is 6.83. The molecular weight excluding hydrogens is 268 g/mol. The lowest BCUT2D eigenvalue weighted by atomic mass is 9.85. The number of imidazole rings is 1. The van der Waals surface area contributed by atoms with E-state index < -0.39 is 11.9 Å². The molecule has 0 saturated carbocycles. The molecule has 1 heterocycles. The van der Waals surface area contributed by atoms with Gasteiger partial charge in [0.25, 0.3) is 0 Å². The molecule has 110 valence electrons. The Morgan fingerprint density at radius 1 is 1.24 bits per heavy atom. The normalized spacial score (nSPS) is 12.3. The molecule has 0 saturated heterocycles. The smallest absolute Gasteiger partial charge is 0.304 e. The zero-order chi connectivity index (χ0) is 15.4. The zero-order valence-corrected chi connectivity index (χ0v) is 12.1. The van der Waals surface area contributed by atoms with Gasteiger partial charge in [-0.1, -0.05) is 13.8 Å². The van der Waals surface area contributed by atoms with E-state index in [9.17, 15) is 9.59 Å². The Kier molecular flexibility index (Phi) is 4.52. The number of hydrogen-bond acceptors (Lipinski definition) is 3. The number of carbonyl (C=O) groups excluding carboxylic acids is 1. The average Bonchev–Trinajstić information content (AvgIpc) is 2.98. The molecule has 1 unspecified atom stereocenters. The standard InChI is InChI=1S/C16H18N2O3/c1-11(2)14(9-15(19)20)16(21)12-3-5-13(6-4-12)18-8-7-17-10-18/h3-8,10-11,14H,9H2,1-2H3,(H,19,20). The fraction of sp³-hybridized carbons (Fsp3) is 0.312. The second-order valence-corrected chi connectivity index (χ2v) is 5.33. The highest BCUT2D eigenvalue weighted by molar-refractivity contribution is 5.99. The van der Waals surface area contributed by atoms with Gasteiger partial charge in [0.15, 0.2) is 5.78 Å². The van der Waals surface area contributed by atoms with Crippen molar-refractivity contribution in [1.82, 2.24) is 9.55 Å². The third-order valence-corrected chi connectivity index (χ3v) is 3.49. The molecule has 0 radical (unpaired) electrons. The van der Waals surface area contributed by atoms with Crippen molar-refractivity contribution < 1.29 is 14.7 Å². The molecular formula is C16H18N2O3. The van der Waals surface area contributed by atoms with Gasteiger partial charge in [-0.25, -0.2) is 4.98 Å². The van der Waals surface area contributed by atoms with Gasteiger partial charge < -0.3 is 9.67 Å². The van der Waals surface area contributed by atoms with E-state index in [1.807, 2.05) is 36.7 Å². The highest BCUT2D eigenvalue weighted by Crippen LogP contribution is 2.22. The number of hydrogen-bond donors (Lipinski definition) is 1. The Hall–Kier alpha value is -2.43. The van der Waals surface area contributed by atoms with E-state index >= 15 is 0 Å². The zero-order valence-electron chi connectivity index (χ0n) is 12.1. The van der Waals surface area contributed by atoms with Crippen LogP contribution in [0.3, 0.4) is 0 Å². The molecule has 1 N–H and O–H groups in total. The Bertz CT molecular complexity index is 615. The van der Waals surface area contributed by atoms with E-state index in [-0.39, 0.29) is 18.1 Å². The van der Waals surface area contributed by atoms with Gasteiger partial charge >= 0.3 is 5.97 Å². The largest absolute Gasteiger partial charge is 0.481 e. The van der Waals surface area contributed by atoms with Gasteiger partial charge in [0.05, 0.1) is 12.7 Å². The van der Waals surface area contributed by atoms with Crippen molar-refractivity contribution in [2.24, 2.45) is 11.8 Å². The number of rotatable bonds is 6. The van der Waals surface area contributed by atoms with Crippen LogP contribution in [0.15, 0.2) is 43.0 Å². The lowest BCUT2D eigenvalue weighted by molar-refractivity contribution is -0.138. The number of aliphatic carboxylic acids is 1. The van der Waals surface area contributed by atoms with Crippen molar-refractivity contribution in [3.8, 4) is 5.69 Å². The highest BCUT2D eigenvalue weighted by atomic mass is 16.4. The van der Waals surface area contributed by atoms with E-state index in [2.05, 4.69) is 4.98 Å². The fourth-order valence-corrected chi connectivity index (χ4v) is 2.24. The SMILES string of the molecule is CC(C)C(CC(=O)O)C(=O)c1ccc(-n2ccnc2)cc1. The Balaban J connectivity index is 2.20. The van der Waals surface area contributed by atoms with Crippen LogP contribution < -0.4 is 0 Å². The summed E-state index contributed by atoms with van der Waals surface area (Å²) in [6.07, 6.45) is 5.04. The maximum atomic E-state index is 12.4. The molecule has 0 amide bonds. The van der Waals surface area contributed by atoms with Gasteiger partial charge in [0.2, 0.25) is 0 Å². The summed E-state index contributed by atoms with van der Waals surface area (Å²) >= 11 is 0. The summed E-state index contributed by atoms with van der Waals surface area (Å²) < 4.78 is 1.84. The van der Waals surface area contributed by atoms with E-state index in [1.165, 1.54) is 0 Å². The van der Waals surface area contributed by atoms with Crippen molar-refractivity contribution >= 4 is 11.8 Å². The molecule has 1 aromatic carbocycles. The van der Waals surface area contributed by atoms with E-state index in [1.54, 1.807) is 24.7 Å². The number of carboxylic acids is 1. The molecule has 21 heavy (non-hydrogen) atoms. The van der Waals surface area contributed by atoms with Gasteiger partial charge in [0, 0.05) is 29.6 Å². The van der Waals surface area contributed by atoms with Crippen molar-refractivity contribution in [2.75, 3.05) is 0 Å². The molecule has 0 bridgehead atoms. The number of carboxylic acid groups (broad SMARTS) is 1. The molecule has 0 spiro atoms. The third-order valence-electron chi connectivity index (χ3n) is 3.49. The number of nitrogens with zero attached hydrogens (tertiary/aromatic N) is 2. The van der Waals surface area contributed by atoms with Crippen LogP contribution in [-0.4, -0.2) is 26.4 Å². The van der Waals surface area contributed by atoms with Crippen molar-refractivity contribution in [2.45, 2.75) is 20.3 Å². The van der Waals surface area contributed by atoms with Crippen LogP contribution in [0, 0.1) is 11.8 Å². The summed E-state index contributed by atoms with van der Waals surface area (Å²) in [4.78, 5) is 27.3. The molecule has 1 aromatic heterocycles. The molecule has 0 aliphatic rings.